The lowest BCUT2D eigenvalue weighted by Crippen LogP contribution is -2.53. The van der Waals surface area contributed by atoms with Crippen LogP contribution in [0.25, 0.3) is 0 Å². The molecule has 0 radical (unpaired) electrons. The first-order valence-electron chi connectivity index (χ1n) is 13.5. The smallest absolute Gasteiger partial charge is 0.343 e. The highest BCUT2D eigenvalue weighted by Crippen LogP contribution is 2.23. The van der Waals surface area contributed by atoms with Crippen LogP contribution in [0.2, 0.25) is 0 Å². The molecule has 4 N–H and O–H groups in total. The highest BCUT2D eigenvalue weighted by molar-refractivity contribution is 5.91. The maximum absolute atomic E-state index is 12.8. The molecule has 2 aromatic rings. The Morgan fingerprint density at radius 3 is 1.91 bits per heavy atom. The molecule has 1 aromatic heterocycles. The van der Waals surface area contributed by atoms with Gasteiger partial charge in [0.1, 0.15) is 0 Å². The van der Waals surface area contributed by atoms with E-state index < -0.39 is 0 Å². The van der Waals surface area contributed by atoms with E-state index in [0.717, 1.165) is 30.9 Å². The predicted molar refractivity (Wildman–Crippen MR) is 137 cm³/mol. The summed E-state index contributed by atoms with van der Waals surface area (Å²) in [6.45, 7) is 3.28. The second-order valence-corrected chi connectivity index (χ2v) is 10.2. The number of carbonyl (C=O) groups is 1. The Balaban J connectivity index is 1.37. The maximum atomic E-state index is 12.8. The summed E-state index contributed by atoms with van der Waals surface area (Å²) in [5, 5.41) is 15.1. The SMILES string of the molecule is O=C(Oc1ccc2nc1CN[C@@H]1CCCC[C@H]1NCCN[C@@H]1CCCC[C@H]1NC2)c1ccccc1. The first kappa shape index (κ1) is 24.4. The molecule has 0 amide bonds. The van der Waals surface area contributed by atoms with Gasteiger partial charge in [-0.25, -0.2) is 4.79 Å². The van der Waals surface area contributed by atoms with Crippen molar-refractivity contribution in [3.05, 3.63) is 59.4 Å². The molecule has 7 nitrogen and oxygen atoms in total. The molecule has 0 unspecified atom stereocenters. The fourth-order valence-electron chi connectivity index (χ4n) is 5.80. The number of hydrogen-bond acceptors (Lipinski definition) is 7. The molecule has 4 atom stereocenters. The molecule has 0 saturated heterocycles. The van der Waals surface area contributed by atoms with Crippen molar-refractivity contribution in [3.63, 3.8) is 0 Å². The fourth-order valence-corrected chi connectivity index (χ4v) is 5.80. The molecule has 7 heteroatoms. The number of pyridine rings is 1. The van der Waals surface area contributed by atoms with Gasteiger partial charge < -0.3 is 26.0 Å². The second-order valence-electron chi connectivity index (χ2n) is 10.2. The minimum absolute atomic E-state index is 0.348. The van der Waals surface area contributed by atoms with Crippen LogP contribution in [0.1, 0.15) is 73.1 Å². The molecular formula is C28H39N5O2. The molecule has 3 aliphatic rings. The Morgan fingerprint density at radius 1 is 0.714 bits per heavy atom. The van der Waals surface area contributed by atoms with Crippen molar-refractivity contribution in [1.29, 1.82) is 0 Å². The third-order valence-electron chi connectivity index (χ3n) is 7.75. The zero-order chi connectivity index (χ0) is 23.9. The standard InChI is InChI=1S/C28H39N5O2/c34-28(20-8-2-1-3-9-20)35-27-15-14-21-18-31-24-12-6-4-10-22(24)29-16-17-30-23-11-5-7-13-25(23)32-19-26(27)33-21/h1-3,8-9,14-15,22-25,29-32H,4-7,10-13,16-19H2/t22-,23-,24-,25-/m1/s1. The van der Waals surface area contributed by atoms with Crippen molar-refractivity contribution in [2.45, 2.75) is 88.6 Å². The number of rotatable bonds is 2. The zero-order valence-corrected chi connectivity index (χ0v) is 20.6. The predicted octanol–water partition coefficient (Wildman–Crippen LogP) is 3.30. The average Bonchev–Trinajstić information content (AvgIpc) is 2.91. The number of aromatic nitrogens is 1. The van der Waals surface area contributed by atoms with Crippen molar-refractivity contribution in [1.82, 2.24) is 26.3 Å². The van der Waals surface area contributed by atoms with Crippen LogP contribution in [0.4, 0.5) is 0 Å². The van der Waals surface area contributed by atoms with E-state index in [1.807, 2.05) is 30.3 Å². The van der Waals surface area contributed by atoms with Gasteiger partial charge in [-0.2, -0.15) is 0 Å². The van der Waals surface area contributed by atoms with Crippen molar-refractivity contribution in [2.75, 3.05) is 13.1 Å². The Bertz CT molecular complexity index is 969. The number of nitrogens with one attached hydrogen (secondary N) is 4. The van der Waals surface area contributed by atoms with Gasteiger partial charge >= 0.3 is 5.97 Å². The summed E-state index contributed by atoms with van der Waals surface area (Å²) in [5.74, 6) is 0.190. The van der Waals surface area contributed by atoms with E-state index in [2.05, 4.69) is 21.3 Å². The van der Waals surface area contributed by atoms with Gasteiger partial charge in [0.05, 0.1) is 17.0 Å². The Hall–Kier alpha value is -2.32. The number of carbonyl (C=O) groups excluding carboxylic acids is 1. The van der Waals surface area contributed by atoms with E-state index in [0.29, 0.717) is 48.6 Å². The number of nitrogens with zero attached hydrogens (tertiary/aromatic N) is 1. The van der Waals surface area contributed by atoms with E-state index in [1.165, 1.54) is 44.9 Å². The van der Waals surface area contributed by atoms with Gasteiger partial charge in [0.2, 0.25) is 0 Å². The van der Waals surface area contributed by atoms with Crippen LogP contribution in [0.15, 0.2) is 42.5 Å². The van der Waals surface area contributed by atoms with E-state index >= 15 is 0 Å². The van der Waals surface area contributed by atoms with E-state index in [9.17, 15) is 4.79 Å². The molecule has 2 aliphatic carbocycles. The van der Waals surface area contributed by atoms with Gasteiger partial charge in [-0.15, -0.1) is 0 Å². The average molecular weight is 478 g/mol. The van der Waals surface area contributed by atoms with Crippen LogP contribution < -0.4 is 26.0 Å². The largest absolute Gasteiger partial charge is 0.421 e. The lowest BCUT2D eigenvalue weighted by molar-refractivity contribution is 0.0731. The minimum Gasteiger partial charge on any atom is -0.421 e. The Morgan fingerprint density at radius 2 is 1.29 bits per heavy atom. The zero-order valence-electron chi connectivity index (χ0n) is 20.6. The summed E-state index contributed by atoms with van der Waals surface area (Å²) < 4.78 is 5.83. The molecular weight excluding hydrogens is 438 g/mol. The lowest BCUT2D eigenvalue weighted by atomic mass is 9.89. The van der Waals surface area contributed by atoms with E-state index in [4.69, 9.17) is 9.72 Å². The summed E-state index contributed by atoms with van der Waals surface area (Å²) >= 11 is 0. The van der Waals surface area contributed by atoms with E-state index in [-0.39, 0.29) is 5.97 Å². The molecule has 2 fully saturated rings. The summed E-state index contributed by atoms with van der Waals surface area (Å²) in [7, 11) is 0. The number of esters is 1. The van der Waals surface area contributed by atoms with Crippen LogP contribution in [0.3, 0.4) is 0 Å². The molecule has 0 spiro atoms. The first-order chi connectivity index (χ1) is 17.3. The summed E-state index contributed by atoms with van der Waals surface area (Å²) in [6.07, 6.45) is 9.83. The summed E-state index contributed by atoms with van der Waals surface area (Å²) in [5.41, 5.74) is 2.33. The van der Waals surface area contributed by atoms with E-state index in [1.54, 1.807) is 12.1 Å². The topological polar surface area (TPSA) is 87.3 Å². The highest BCUT2D eigenvalue weighted by Gasteiger charge is 2.27. The highest BCUT2D eigenvalue weighted by atomic mass is 16.5. The molecule has 2 saturated carbocycles. The number of benzene rings is 1. The molecule has 35 heavy (non-hydrogen) atoms. The number of ether oxygens (including phenoxy) is 1. The fraction of sp³-hybridized carbons (Fsp3) is 0.571. The summed E-state index contributed by atoms with van der Waals surface area (Å²) in [4.78, 5) is 17.7. The third-order valence-corrected chi connectivity index (χ3v) is 7.75. The van der Waals surface area contributed by atoms with Crippen molar-refractivity contribution in [3.8, 4) is 5.75 Å². The van der Waals surface area contributed by atoms with Gasteiger partial charge in [-0.05, 0) is 49.9 Å². The van der Waals surface area contributed by atoms with Gasteiger partial charge in [0.15, 0.2) is 5.75 Å². The molecule has 188 valence electrons. The second kappa shape index (κ2) is 12.1. The van der Waals surface area contributed by atoms with Crippen LogP contribution in [0.5, 0.6) is 5.75 Å². The van der Waals surface area contributed by atoms with Gasteiger partial charge in [-0.1, -0.05) is 43.9 Å². The van der Waals surface area contributed by atoms with Gasteiger partial charge in [0.25, 0.3) is 0 Å². The molecule has 2 heterocycles. The molecule has 1 aliphatic heterocycles. The van der Waals surface area contributed by atoms with Crippen molar-refractivity contribution in [2.24, 2.45) is 0 Å². The molecule has 5 rings (SSSR count). The quantitative estimate of drug-likeness (QED) is 0.494. The monoisotopic (exact) mass is 477 g/mol. The Labute approximate surface area is 208 Å². The number of hydrogen-bond donors (Lipinski definition) is 4. The van der Waals surface area contributed by atoms with Crippen molar-refractivity contribution < 1.29 is 9.53 Å². The molecule has 2 bridgehead atoms. The normalized spacial score (nSPS) is 28.0. The van der Waals surface area contributed by atoms with Gasteiger partial charge in [-0.3, -0.25) is 4.98 Å². The van der Waals surface area contributed by atoms with Crippen LogP contribution in [0, 0.1) is 0 Å². The van der Waals surface area contributed by atoms with Crippen LogP contribution in [-0.4, -0.2) is 48.2 Å². The van der Waals surface area contributed by atoms with Crippen LogP contribution in [-0.2, 0) is 13.1 Å². The third kappa shape index (κ3) is 6.47. The lowest BCUT2D eigenvalue weighted by Gasteiger charge is -2.34. The first-order valence-corrected chi connectivity index (χ1v) is 13.5. The number of fused-ring (bicyclic) bond motifs is 4. The molecule has 1 aromatic carbocycles. The summed E-state index contributed by atoms with van der Waals surface area (Å²) in [6, 6.07) is 14.8. The van der Waals surface area contributed by atoms with Gasteiger partial charge in [0, 0.05) is 50.3 Å². The van der Waals surface area contributed by atoms with Crippen LogP contribution >= 0.6 is 0 Å². The minimum atomic E-state index is -0.348. The van der Waals surface area contributed by atoms with Crippen molar-refractivity contribution >= 4 is 5.97 Å². The Kier molecular flexibility index (Phi) is 8.42. The maximum Gasteiger partial charge on any atom is 0.343 e.